The molecule has 0 aliphatic heterocycles. The van der Waals surface area contributed by atoms with Crippen LogP contribution in [0.5, 0.6) is 0 Å². The fourth-order valence-electron chi connectivity index (χ4n) is 1.71. The second-order valence-corrected chi connectivity index (χ2v) is 6.70. The van der Waals surface area contributed by atoms with Gasteiger partial charge in [-0.25, -0.2) is 0 Å². The Kier molecular flexibility index (Phi) is 5.75. The lowest BCUT2D eigenvalue weighted by Gasteiger charge is -2.09. The Morgan fingerprint density at radius 1 is 1.33 bits per heavy atom. The third-order valence-corrected chi connectivity index (χ3v) is 4.27. The zero-order valence-corrected chi connectivity index (χ0v) is 14.4. The van der Waals surface area contributed by atoms with Gasteiger partial charge < -0.3 is 10.1 Å². The Hall–Kier alpha value is -1.41. The van der Waals surface area contributed by atoms with Gasteiger partial charge in [0.1, 0.15) is 0 Å². The maximum Gasteiger partial charge on any atom is 0.311 e. The summed E-state index contributed by atoms with van der Waals surface area (Å²) in [6.07, 6.45) is 0.202. The highest BCUT2D eigenvalue weighted by Crippen LogP contribution is 2.17. The lowest BCUT2D eigenvalue weighted by Crippen LogP contribution is -2.21. The van der Waals surface area contributed by atoms with Crippen LogP contribution in [0.1, 0.15) is 10.4 Å². The van der Waals surface area contributed by atoms with E-state index in [4.69, 9.17) is 4.74 Å². The van der Waals surface area contributed by atoms with E-state index < -0.39 is 5.97 Å². The molecule has 1 aromatic carbocycles. The topological polar surface area (TPSA) is 55.4 Å². The van der Waals surface area contributed by atoms with Gasteiger partial charge in [0.05, 0.1) is 6.42 Å². The second kappa shape index (κ2) is 7.56. The van der Waals surface area contributed by atoms with E-state index in [-0.39, 0.29) is 18.9 Å². The first kappa shape index (κ1) is 16.0. The number of ether oxygens (including phenoxy) is 1. The van der Waals surface area contributed by atoms with Gasteiger partial charge in [0, 0.05) is 14.1 Å². The SMILES string of the molecule is Cc1cc(I)ccc1NC(=O)COC(=O)Cc1cccs1. The molecule has 2 aromatic rings. The second-order valence-electron chi connectivity index (χ2n) is 4.42. The maximum atomic E-state index is 11.8. The summed E-state index contributed by atoms with van der Waals surface area (Å²) in [6, 6.07) is 9.45. The summed E-state index contributed by atoms with van der Waals surface area (Å²) in [4.78, 5) is 24.3. The zero-order valence-electron chi connectivity index (χ0n) is 11.4. The largest absolute Gasteiger partial charge is 0.455 e. The summed E-state index contributed by atoms with van der Waals surface area (Å²) in [5, 5.41) is 4.63. The molecule has 1 heterocycles. The van der Waals surface area contributed by atoms with Gasteiger partial charge >= 0.3 is 5.97 Å². The zero-order chi connectivity index (χ0) is 15.2. The Morgan fingerprint density at radius 3 is 2.81 bits per heavy atom. The summed E-state index contributed by atoms with van der Waals surface area (Å²) in [6.45, 7) is 1.65. The first-order valence-corrected chi connectivity index (χ1v) is 8.24. The molecule has 1 N–H and O–H groups in total. The van der Waals surface area contributed by atoms with Gasteiger partial charge in [0.25, 0.3) is 5.91 Å². The lowest BCUT2D eigenvalue weighted by molar-refractivity contribution is -0.146. The predicted molar refractivity (Wildman–Crippen MR) is 91.5 cm³/mol. The molecule has 1 amide bonds. The summed E-state index contributed by atoms with van der Waals surface area (Å²) in [5.74, 6) is -0.731. The first-order chi connectivity index (χ1) is 10.0. The third-order valence-electron chi connectivity index (χ3n) is 2.73. The number of rotatable bonds is 5. The minimum Gasteiger partial charge on any atom is -0.455 e. The number of hydrogen-bond acceptors (Lipinski definition) is 4. The summed E-state index contributed by atoms with van der Waals surface area (Å²) >= 11 is 3.70. The molecule has 0 radical (unpaired) electrons. The van der Waals surface area contributed by atoms with Crippen molar-refractivity contribution in [3.8, 4) is 0 Å². The number of carbonyl (C=O) groups excluding carboxylic acids is 2. The standard InChI is InChI=1S/C15H14INO3S/c1-10-7-11(16)4-5-13(10)17-14(18)9-20-15(19)8-12-3-2-6-21-12/h2-7H,8-9H2,1H3,(H,17,18). The van der Waals surface area contributed by atoms with Crippen molar-refractivity contribution in [1.29, 1.82) is 0 Å². The summed E-state index contributed by atoms with van der Waals surface area (Å²) < 4.78 is 6.07. The van der Waals surface area contributed by atoms with Crippen LogP contribution in [0.15, 0.2) is 35.7 Å². The Balaban J connectivity index is 1.80. The van der Waals surface area contributed by atoms with Crippen LogP contribution in [-0.2, 0) is 20.7 Å². The number of thiophene rings is 1. The molecule has 0 fully saturated rings. The summed E-state index contributed by atoms with van der Waals surface area (Å²) in [5.41, 5.74) is 1.70. The number of amides is 1. The maximum absolute atomic E-state index is 11.8. The molecule has 0 atom stereocenters. The highest BCUT2D eigenvalue weighted by molar-refractivity contribution is 14.1. The minimum atomic E-state index is -0.396. The van der Waals surface area contributed by atoms with Gasteiger partial charge in [-0.15, -0.1) is 11.3 Å². The van der Waals surface area contributed by atoms with Crippen molar-refractivity contribution in [2.45, 2.75) is 13.3 Å². The molecule has 2 rings (SSSR count). The van der Waals surface area contributed by atoms with Crippen molar-refractivity contribution >= 4 is 51.5 Å². The monoisotopic (exact) mass is 415 g/mol. The number of hydrogen-bond donors (Lipinski definition) is 1. The highest BCUT2D eigenvalue weighted by atomic mass is 127. The molecule has 0 unspecified atom stereocenters. The normalized spacial score (nSPS) is 10.2. The fraction of sp³-hybridized carbons (Fsp3) is 0.200. The first-order valence-electron chi connectivity index (χ1n) is 6.28. The van der Waals surface area contributed by atoms with Crippen LogP contribution in [0.25, 0.3) is 0 Å². The van der Waals surface area contributed by atoms with Crippen LogP contribution in [0, 0.1) is 10.5 Å². The smallest absolute Gasteiger partial charge is 0.311 e. The van der Waals surface area contributed by atoms with Crippen molar-refractivity contribution in [1.82, 2.24) is 0 Å². The number of anilines is 1. The van der Waals surface area contributed by atoms with Gasteiger partial charge in [-0.2, -0.15) is 0 Å². The quantitative estimate of drug-likeness (QED) is 0.602. The van der Waals surface area contributed by atoms with Crippen molar-refractivity contribution in [2.75, 3.05) is 11.9 Å². The molecule has 0 aliphatic rings. The average Bonchev–Trinajstić information content (AvgIpc) is 2.92. The molecule has 0 saturated heterocycles. The molecule has 1 aromatic heterocycles. The van der Waals surface area contributed by atoms with E-state index in [0.717, 1.165) is 19.7 Å². The van der Waals surface area contributed by atoms with Crippen LogP contribution < -0.4 is 5.32 Å². The van der Waals surface area contributed by atoms with E-state index in [1.54, 1.807) is 0 Å². The van der Waals surface area contributed by atoms with Crippen LogP contribution in [0.2, 0.25) is 0 Å². The molecule has 0 spiro atoms. The molecule has 0 saturated carbocycles. The number of esters is 1. The van der Waals surface area contributed by atoms with Crippen molar-refractivity contribution < 1.29 is 14.3 Å². The Morgan fingerprint density at radius 2 is 2.14 bits per heavy atom. The van der Waals surface area contributed by atoms with E-state index in [1.165, 1.54) is 11.3 Å². The molecular weight excluding hydrogens is 401 g/mol. The van der Waals surface area contributed by atoms with Gasteiger partial charge in [-0.1, -0.05) is 6.07 Å². The van der Waals surface area contributed by atoms with E-state index in [1.807, 2.05) is 42.6 Å². The Labute approximate surface area is 140 Å². The number of carbonyl (C=O) groups is 2. The van der Waals surface area contributed by atoms with Crippen LogP contribution >= 0.6 is 33.9 Å². The molecule has 0 bridgehead atoms. The number of benzene rings is 1. The molecule has 6 heteroatoms. The average molecular weight is 415 g/mol. The molecular formula is C15H14INO3S. The van der Waals surface area contributed by atoms with E-state index >= 15 is 0 Å². The van der Waals surface area contributed by atoms with Crippen LogP contribution in [0.3, 0.4) is 0 Å². The molecule has 4 nitrogen and oxygen atoms in total. The van der Waals surface area contributed by atoms with Crippen LogP contribution in [0.4, 0.5) is 5.69 Å². The Bertz CT molecular complexity index is 640. The van der Waals surface area contributed by atoms with E-state index in [2.05, 4.69) is 27.9 Å². The van der Waals surface area contributed by atoms with Crippen molar-refractivity contribution in [3.05, 3.63) is 49.7 Å². The van der Waals surface area contributed by atoms with Gasteiger partial charge in [-0.05, 0) is 64.7 Å². The number of halogens is 1. The van der Waals surface area contributed by atoms with E-state index in [0.29, 0.717) is 0 Å². The van der Waals surface area contributed by atoms with Crippen molar-refractivity contribution in [3.63, 3.8) is 0 Å². The highest BCUT2D eigenvalue weighted by Gasteiger charge is 2.10. The predicted octanol–water partition coefficient (Wildman–Crippen LogP) is 3.39. The van der Waals surface area contributed by atoms with E-state index in [9.17, 15) is 9.59 Å². The molecule has 110 valence electrons. The third kappa shape index (κ3) is 5.13. The molecule has 21 heavy (non-hydrogen) atoms. The fourth-order valence-corrected chi connectivity index (χ4v) is 3.04. The van der Waals surface area contributed by atoms with Gasteiger partial charge in [0.2, 0.25) is 0 Å². The number of nitrogens with one attached hydrogen (secondary N) is 1. The van der Waals surface area contributed by atoms with Gasteiger partial charge in [-0.3, -0.25) is 9.59 Å². The number of aryl methyl sites for hydroxylation is 1. The lowest BCUT2D eigenvalue weighted by atomic mass is 10.2. The minimum absolute atomic E-state index is 0.202. The molecule has 0 aliphatic carbocycles. The van der Waals surface area contributed by atoms with Gasteiger partial charge in [0.15, 0.2) is 6.61 Å². The summed E-state index contributed by atoms with van der Waals surface area (Å²) in [7, 11) is 0. The van der Waals surface area contributed by atoms with Crippen LogP contribution in [-0.4, -0.2) is 18.5 Å². The van der Waals surface area contributed by atoms with Crippen molar-refractivity contribution in [2.24, 2.45) is 0 Å².